The molecular weight excluding hydrogens is 472 g/mol. The number of ether oxygens (including phenoxy) is 1. The first-order chi connectivity index (χ1) is 16.7. The lowest BCUT2D eigenvalue weighted by Gasteiger charge is -2.30. The molecule has 1 aliphatic carbocycles. The van der Waals surface area contributed by atoms with Gasteiger partial charge in [-0.2, -0.15) is 0 Å². The quantitative estimate of drug-likeness (QED) is 0.459. The molecule has 9 heteroatoms. The van der Waals surface area contributed by atoms with Crippen LogP contribution in [0, 0.1) is 11.8 Å². The maximum absolute atomic E-state index is 13.0. The molecule has 1 aliphatic heterocycles. The van der Waals surface area contributed by atoms with Gasteiger partial charge < -0.3 is 14.2 Å². The number of aromatic nitrogens is 2. The summed E-state index contributed by atoms with van der Waals surface area (Å²) in [6, 6.07) is 4.87. The van der Waals surface area contributed by atoms with Crippen LogP contribution >= 0.6 is 11.3 Å². The number of rotatable bonds is 9. The molecule has 0 radical (unpaired) electrons. The highest BCUT2D eigenvalue weighted by atomic mass is 32.1. The minimum Gasteiger partial charge on any atom is -0.464 e. The van der Waals surface area contributed by atoms with Gasteiger partial charge in [-0.15, -0.1) is 0 Å². The Balaban J connectivity index is 1.17. The molecule has 0 atom stereocenters. The van der Waals surface area contributed by atoms with Gasteiger partial charge in [-0.3, -0.25) is 9.59 Å². The number of pyridine rings is 1. The fourth-order valence-corrected chi connectivity index (χ4v) is 6.10. The van der Waals surface area contributed by atoms with E-state index in [2.05, 4.69) is 9.88 Å². The molecule has 0 spiro atoms. The van der Waals surface area contributed by atoms with Crippen LogP contribution in [0.5, 0.6) is 5.19 Å². The van der Waals surface area contributed by atoms with Crippen LogP contribution in [-0.2, 0) is 19.9 Å². The van der Waals surface area contributed by atoms with Crippen LogP contribution in [0.3, 0.4) is 0 Å². The Morgan fingerprint density at radius 2 is 1.89 bits per heavy atom. The Morgan fingerprint density at radius 1 is 1.17 bits per heavy atom. The molecule has 2 aliphatic rings. The number of carbonyl (C=O) groups excluding carboxylic acids is 1. The highest BCUT2D eigenvalue weighted by Crippen LogP contribution is 2.34. The molecule has 2 aromatic rings. The van der Waals surface area contributed by atoms with Gasteiger partial charge in [0.2, 0.25) is 0 Å². The highest BCUT2D eigenvalue weighted by molar-refractivity contribution is 7.13. The third-order valence-electron chi connectivity index (χ3n) is 7.29. The van der Waals surface area contributed by atoms with Crippen LogP contribution in [0.1, 0.15) is 66.5 Å². The number of hydrogen-bond acceptors (Lipinski definition) is 6. The Morgan fingerprint density at radius 3 is 2.63 bits per heavy atom. The predicted molar refractivity (Wildman–Crippen MR) is 133 cm³/mol. The summed E-state index contributed by atoms with van der Waals surface area (Å²) in [5.41, 5.74) is 1.35. The van der Waals surface area contributed by atoms with Crippen LogP contribution in [-0.4, -0.2) is 52.4 Å². The third-order valence-corrected chi connectivity index (χ3v) is 8.36. The van der Waals surface area contributed by atoms with Gasteiger partial charge in [-0.05, 0) is 50.1 Å². The zero-order valence-corrected chi connectivity index (χ0v) is 21.4. The highest BCUT2D eigenvalue weighted by Gasteiger charge is 2.26. The number of alkyl halides is 2. The summed E-state index contributed by atoms with van der Waals surface area (Å²) in [7, 11) is 1.66. The maximum Gasteiger partial charge on any atom is 0.278 e. The van der Waals surface area contributed by atoms with Crippen molar-refractivity contribution in [2.24, 2.45) is 18.9 Å². The Bertz CT molecular complexity index is 1050. The topological polar surface area (TPSA) is 64.4 Å². The smallest absolute Gasteiger partial charge is 0.278 e. The van der Waals surface area contributed by atoms with Crippen molar-refractivity contribution in [3.63, 3.8) is 0 Å². The third kappa shape index (κ3) is 7.19. The van der Waals surface area contributed by atoms with E-state index in [0.29, 0.717) is 29.1 Å². The van der Waals surface area contributed by atoms with Crippen molar-refractivity contribution in [2.75, 3.05) is 26.2 Å². The number of thiazole rings is 1. The van der Waals surface area contributed by atoms with E-state index in [0.717, 1.165) is 82.1 Å². The molecule has 0 bridgehead atoms. The summed E-state index contributed by atoms with van der Waals surface area (Å²) in [6.45, 7) is 3.16. The fraction of sp³-hybridized carbons (Fsp3) is 0.654. The van der Waals surface area contributed by atoms with Crippen molar-refractivity contribution >= 4 is 17.1 Å². The van der Waals surface area contributed by atoms with Crippen molar-refractivity contribution in [3.8, 4) is 5.19 Å². The summed E-state index contributed by atoms with van der Waals surface area (Å²) >= 11 is 1.40. The summed E-state index contributed by atoms with van der Waals surface area (Å²) < 4.78 is 32.7. The minimum absolute atomic E-state index is 0.0660. The van der Waals surface area contributed by atoms with E-state index in [1.54, 1.807) is 19.2 Å². The molecular formula is C26H35F2N3O3S. The monoisotopic (exact) mass is 507 g/mol. The molecule has 35 heavy (non-hydrogen) atoms. The van der Waals surface area contributed by atoms with E-state index in [1.165, 1.54) is 22.0 Å². The summed E-state index contributed by atoms with van der Waals surface area (Å²) in [4.78, 5) is 32.6. The summed E-state index contributed by atoms with van der Waals surface area (Å²) in [5.74, 6) is -1.70. The first kappa shape index (κ1) is 25.9. The number of fused-ring (bicyclic) bond motifs is 1. The van der Waals surface area contributed by atoms with Crippen LogP contribution in [0.25, 0.3) is 0 Å². The number of ketones is 1. The van der Waals surface area contributed by atoms with Gasteiger partial charge >= 0.3 is 0 Å². The van der Waals surface area contributed by atoms with Crippen molar-refractivity contribution in [3.05, 3.63) is 44.8 Å². The van der Waals surface area contributed by atoms with E-state index < -0.39 is 12.5 Å². The van der Waals surface area contributed by atoms with E-state index >= 15 is 0 Å². The lowest BCUT2D eigenvalue weighted by molar-refractivity contribution is -0.0230. The Labute approximate surface area is 209 Å². The molecule has 1 fully saturated rings. The van der Waals surface area contributed by atoms with Crippen LogP contribution < -0.4 is 10.3 Å². The summed E-state index contributed by atoms with van der Waals surface area (Å²) in [6.07, 6.45) is 7.83. The lowest BCUT2D eigenvalue weighted by Crippen LogP contribution is -2.30. The molecule has 3 heterocycles. The zero-order chi connectivity index (χ0) is 25.0. The molecule has 2 aromatic heterocycles. The van der Waals surface area contributed by atoms with Gasteiger partial charge in [-0.1, -0.05) is 30.2 Å². The van der Waals surface area contributed by atoms with E-state index in [4.69, 9.17) is 4.74 Å². The second-order valence-electron chi connectivity index (χ2n) is 10.2. The standard InChI is InChI=1S/C26H35F2N3O3S/c1-26(27,28)17-34-25-29-20-11-14-31(15-12-23(20)35-25)13-10-18-6-8-19(9-7-18)16-22(32)21-4-3-5-24(33)30(21)2/h3-5,18-19H,6-17H2,1-2H3. The first-order valence-corrected chi connectivity index (χ1v) is 13.4. The maximum atomic E-state index is 13.0. The molecule has 4 rings (SSSR count). The molecule has 0 amide bonds. The number of halogens is 2. The van der Waals surface area contributed by atoms with Crippen molar-refractivity contribution in [1.82, 2.24) is 14.5 Å². The van der Waals surface area contributed by atoms with Gasteiger partial charge in [0.25, 0.3) is 16.7 Å². The molecule has 0 N–H and O–H groups in total. The molecule has 0 aromatic carbocycles. The number of carbonyl (C=O) groups is 1. The molecule has 192 valence electrons. The summed E-state index contributed by atoms with van der Waals surface area (Å²) in [5, 5.41) is 0.356. The van der Waals surface area contributed by atoms with Gasteiger partial charge in [0, 0.05) is 50.8 Å². The lowest BCUT2D eigenvalue weighted by atomic mass is 9.78. The minimum atomic E-state index is -2.85. The van der Waals surface area contributed by atoms with E-state index in [9.17, 15) is 18.4 Å². The number of Topliss-reactive ketones (excluding diaryl/α,β-unsaturated/α-hetero) is 1. The number of hydrogen-bond donors (Lipinski definition) is 0. The average molecular weight is 508 g/mol. The van der Waals surface area contributed by atoms with Crippen molar-refractivity contribution < 1.29 is 18.3 Å². The van der Waals surface area contributed by atoms with Crippen molar-refractivity contribution in [2.45, 2.75) is 64.2 Å². The second-order valence-corrected chi connectivity index (χ2v) is 11.2. The van der Waals surface area contributed by atoms with Crippen LogP contribution in [0.15, 0.2) is 23.0 Å². The Hall–Kier alpha value is -2.13. The fourth-order valence-electron chi connectivity index (χ4n) is 5.16. The average Bonchev–Trinajstić information content (AvgIpc) is 3.12. The van der Waals surface area contributed by atoms with Gasteiger partial charge in [0.15, 0.2) is 12.4 Å². The zero-order valence-electron chi connectivity index (χ0n) is 20.6. The normalized spacial score (nSPS) is 21.4. The second kappa shape index (κ2) is 11.3. The van der Waals surface area contributed by atoms with Crippen molar-refractivity contribution in [1.29, 1.82) is 0 Å². The first-order valence-electron chi connectivity index (χ1n) is 12.6. The number of nitrogens with zero attached hydrogens (tertiary/aromatic N) is 3. The molecule has 6 nitrogen and oxygen atoms in total. The van der Waals surface area contributed by atoms with E-state index in [-0.39, 0.29) is 11.3 Å². The molecule has 1 saturated carbocycles. The Kier molecular flexibility index (Phi) is 8.37. The largest absolute Gasteiger partial charge is 0.464 e. The van der Waals surface area contributed by atoms with E-state index in [1.807, 2.05) is 0 Å². The predicted octanol–water partition coefficient (Wildman–Crippen LogP) is 4.75. The van der Waals surface area contributed by atoms with Crippen LogP contribution in [0.2, 0.25) is 0 Å². The molecule has 0 saturated heterocycles. The SMILES string of the molecule is Cn1c(C(=O)CC2CCC(CCN3CCc4nc(OCC(C)(F)F)sc4CC3)CC2)cccc1=O. The molecule has 0 unspecified atom stereocenters. The van der Waals surface area contributed by atoms with Gasteiger partial charge in [0.1, 0.15) is 0 Å². The van der Waals surface area contributed by atoms with Crippen LogP contribution in [0.4, 0.5) is 8.78 Å². The van der Waals surface area contributed by atoms with Gasteiger partial charge in [-0.25, -0.2) is 13.8 Å². The van der Waals surface area contributed by atoms with Gasteiger partial charge in [0.05, 0.1) is 11.4 Å².